The summed E-state index contributed by atoms with van der Waals surface area (Å²) in [4.78, 5) is 0. The van der Waals surface area contributed by atoms with Gasteiger partial charge in [-0.1, -0.05) is 0 Å². The highest BCUT2D eigenvalue weighted by molar-refractivity contribution is 5.06. The highest BCUT2D eigenvalue weighted by Crippen LogP contribution is 2.26. The summed E-state index contributed by atoms with van der Waals surface area (Å²) >= 11 is 0. The summed E-state index contributed by atoms with van der Waals surface area (Å²) in [5.74, 6) is 0. The molecule has 0 aromatic heterocycles. The van der Waals surface area contributed by atoms with Crippen LogP contribution in [0.2, 0.25) is 0 Å². The van der Waals surface area contributed by atoms with Gasteiger partial charge in [-0.15, -0.1) is 0 Å². The van der Waals surface area contributed by atoms with Gasteiger partial charge in [0.25, 0.3) is 0 Å². The van der Waals surface area contributed by atoms with Crippen molar-refractivity contribution in [3.63, 3.8) is 0 Å². The van der Waals surface area contributed by atoms with Gasteiger partial charge in [0.05, 0.1) is 0 Å². The second kappa shape index (κ2) is 2.63. The third-order valence-electron chi connectivity index (χ3n) is 0.646. The van der Waals surface area contributed by atoms with Crippen LogP contribution in [-0.2, 0) is 0 Å². The molecule has 0 aliphatic carbocycles. The van der Waals surface area contributed by atoms with E-state index in [4.69, 9.17) is 0 Å². The lowest BCUT2D eigenvalue weighted by Gasteiger charge is -2.07. The first kappa shape index (κ1) is 10.1. The maximum absolute atomic E-state index is 11.3. The maximum atomic E-state index is 11.3. The Kier molecular flexibility index (Phi) is 2.42. The average molecular weight is 179 g/mol. The molecule has 0 aliphatic heterocycles. The van der Waals surface area contributed by atoms with Crippen molar-refractivity contribution in [2.24, 2.45) is 5.73 Å². The van der Waals surface area contributed by atoms with Gasteiger partial charge < -0.3 is 5.73 Å². The van der Waals surface area contributed by atoms with Gasteiger partial charge in [0.2, 0.25) is 0 Å². The van der Waals surface area contributed by atoms with Crippen LogP contribution in [0, 0.1) is 0 Å². The Morgan fingerprint density at radius 1 is 1.00 bits per heavy atom. The van der Waals surface area contributed by atoms with E-state index in [0.717, 1.165) is 0 Å². The molecule has 2 N–H and O–H groups in total. The van der Waals surface area contributed by atoms with Crippen LogP contribution < -0.4 is 5.73 Å². The molecule has 0 aromatic carbocycles. The van der Waals surface area contributed by atoms with E-state index in [2.05, 4.69) is 5.73 Å². The molecule has 0 radical (unpaired) electrons. The monoisotopic (exact) mass is 179 g/mol. The summed E-state index contributed by atoms with van der Waals surface area (Å²) in [5, 5.41) is 0. The first-order valence-corrected chi connectivity index (χ1v) is 2.25. The zero-order valence-electron chi connectivity index (χ0n) is 4.92. The number of hydrogen-bond donors (Lipinski definition) is 1. The van der Waals surface area contributed by atoms with Crippen molar-refractivity contribution in [3.05, 3.63) is 11.8 Å². The van der Waals surface area contributed by atoms with Crippen LogP contribution in [0.25, 0.3) is 0 Å². The fourth-order valence-electron chi connectivity index (χ4n) is 0.258. The number of halogens is 6. The zero-order chi connectivity index (χ0) is 9.28. The molecule has 0 fully saturated rings. The van der Waals surface area contributed by atoms with Gasteiger partial charge in [-0.2, -0.15) is 26.3 Å². The van der Waals surface area contributed by atoms with Gasteiger partial charge in [0.1, 0.15) is 5.70 Å². The minimum atomic E-state index is -5.12. The predicted octanol–water partition coefficient (Wildman–Crippen LogP) is 1.95. The topological polar surface area (TPSA) is 26.0 Å². The summed E-state index contributed by atoms with van der Waals surface area (Å²) in [6.45, 7) is 0. The molecule has 0 aliphatic rings. The molecule has 1 nitrogen and oxygen atoms in total. The van der Waals surface area contributed by atoms with Gasteiger partial charge in [-0.05, 0) is 0 Å². The van der Waals surface area contributed by atoms with Crippen molar-refractivity contribution in [1.82, 2.24) is 0 Å². The summed E-state index contributed by atoms with van der Waals surface area (Å²) in [5.41, 5.74) is 1.90. The van der Waals surface area contributed by atoms with Gasteiger partial charge in [0, 0.05) is 6.08 Å². The van der Waals surface area contributed by atoms with E-state index in [1.165, 1.54) is 0 Å². The molecule has 11 heavy (non-hydrogen) atoms. The minimum Gasteiger partial charge on any atom is -0.395 e. The summed E-state index contributed by atoms with van der Waals surface area (Å²) in [6.07, 6.45) is -11.1. The van der Waals surface area contributed by atoms with Gasteiger partial charge in [0.15, 0.2) is 0 Å². The molecule has 0 amide bonds. The Labute approximate surface area is 57.5 Å². The molecular weight excluding hydrogens is 176 g/mol. The third kappa shape index (κ3) is 4.51. The molecular formula is C4H3F6N. The lowest BCUT2D eigenvalue weighted by molar-refractivity contribution is -0.108. The predicted molar refractivity (Wildman–Crippen MR) is 24.4 cm³/mol. The molecule has 0 aromatic rings. The van der Waals surface area contributed by atoms with Crippen LogP contribution in [-0.4, -0.2) is 12.4 Å². The fourth-order valence-corrected chi connectivity index (χ4v) is 0.258. The summed E-state index contributed by atoms with van der Waals surface area (Å²) < 4.78 is 67.4. The Morgan fingerprint density at radius 2 is 1.36 bits per heavy atom. The summed E-state index contributed by atoms with van der Waals surface area (Å²) in [7, 11) is 0. The van der Waals surface area contributed by atoms with Crippen LogP contribution in [0.3, 0.4) is 0 Å². The lowest BCUT2D eigenvalue weighted by Crippen LogP contribution is -2.22. The van der Waals surface area contributed by atoms with Gasteiger partial charge in [-0.25, -0.2) is 0 Å². The largest absolute Gasteiger partial charge is 0.430 e. The minimum absolute atomic E-state index is 0.993. The van der Waals surface area contributed by atoms with Crippen LogP contribution in [0.1, 0.15) is 0 Å². The fraction of sp³-hybridized carbons (Fsp3) is 0.500. The molecule has 0 bridgehead atoms. The van der Waals surface area contributed by atoms with Crippen LogP contribution in [0.15, 0.2) is 11.8 Å². The maximum Gasteiger partial charge on any atom is 0.430 e. The van der Waals surface area contributed by atoms with Gasteiger partial charge in [-0.3, -0.25) is 0 Å². The molecule has 0 atom stereocenters. The van der Waals surface area contributed by atoms with E-state index in [9.17, 15) is 26.3 Å². The van der Waals surface area contributed by atoms with E-state index < -0.39 is 24.1 Å². The number of rotatable bonds is 0. The molecule has 7 heteroatoms. The summed E-state index contributed by atoms with van der Waals surface area (Å²) in [6, 6.07) is 0. The molecule has 66 valence electrons. The average Bonchev–Trinajstić information content (AvgIpc) is 1.56. The van der Waals surface area contributed by atoms with Gasteiger partial charge >= 0.3 is 12.4 Å². The van der Waals surface area contributed by atoms with E-state index in [-0.39, 0.29) is 0 Å². The Balaban J connectivity index is 4.49. The molecule has 0 heterocycles. The third-order valence-corrected chi connectivity index (χ3v) is 0.646. The molecule has 0 spiro atoms. The van der Waals surface area contributed by atoms with Crippen molar-refractivity contribution < 1.29 is 26.3 Å². The second-order valence-corrected chi connectivity index (χ2v) is 1.64. The van der Waals surface area contributed by atoms with E-state index in [0.29, 0.717) is 0 Å². The molecule has 0 unspecified atom stereocenters. The van der Waals surface area contributed by atoms with E-state index >= 15 is 0 Å². The highest BCUT2D eigenvalue weighted by Gasteiger charge is 2.36. The number of allylic oxidation sites excluding steroid dienone is 2. The molecule has 0 saturated heterocycles. The van der Waals surface area contributed by atoms with Crippen molar-refractivity contribution >= 4 is 0 Å². The second-order valence-electron chi connectivity index (χ2n) is 1.64. The molecule has 0 saturated carbocycles. The number of nitrogens with two attached hydrogens (primary N) is 1. The first-order chi connectivity index (χ1) is 4.63. The van der Waals surface area contributed by atoms with Crippen LogP contribution in [0.4, 0.5) is 26.3 Å². The Morgan fingerprint density at radius 3 is 1.45 bits per heavy atom. The van der Waals surface area contributed by atoms with Crippen molar-refractivity contribution in [2.45, 2.75) is 12.4 Å². The Hall–Kier alpha value is -0.880. The van der Waals surface area contributed by atoms with Crippen molar-refractivity contribution in [1.29, 1.82) is 0 Å². The zero-order valence-corrected chi connectivity index (χ0v) is 4.92. The van der Waals surface area contributed by atoms with Crippen molar-refractivity contribution in [2.75, 3.05) is 0 Å². The quantitative estimate of drug-likeness (QED) is 0.565. The number of alkyl halides is 6. The van der Waals surface area contributed by atoms with Crippen LogP contribution >= 0.6 is 0 Å². The SMILES string of the molecule is NC(=CC(F)(F)F)C(F)(F)F. The number of hydrogen-bond acceptors (Lipinski definition) is 1. The van der Waals surface area contributed by atoms with Crippen molar-refractivity contribution in [3.8, 4) is 0 Å². The molecule has 0 rings (SSSR count). The lowest BCUT2D eigenvalue weighted by atomic mass is 10.4. The normalized spacial score (nSPS) is 15.3. The smallest absolute Gasteiger partial charge is 0.395 e. The highest BCUT2D eigenvalue weighted by atomic mass is 19.4. The van der Waals surface area contributed by atoms with E-state index in [1.807, 2.05) is 0 Å². The Bertz CT molecular complexity index is 162. The standard InChI is InChI=1S/C4H3F6N/c5-3(6,7)1-2(11)4(8,9)10/h1H,11H2. The van der Waals surface area contributed by atoms with Crippen LogP contribution in [0.5, 0.6) is 0 Å². The van der Waals surface area contributed by atoms with E-state index in [1.54, 1.807) is 0 Å². The first-order valence-electron chi connectivity index (χ1n) is 2.25.